The topological polar surface area (TPSA) is 55.8 Å². The molecule has 2 aromatic rings. The fourth-order valence-electron chi connectivity index (χ4n) is 2.62. The van der Waals surface area contributed by atoms with Crippen molar-refractivity contribution in [2.24, 2.45) is 0 Å². The van der Waals surface area contributed by atoms with E-state index in [9.17, 15) is 9.59 Å². The first-order chi connectivity index (χ1) is 12.9. The SMILES string of the molecule is CCOC(=O)C(c1ccc(OC)cc1)N(C)C(=O)Cc1ccc(Cl)cc1Cl. The van der Waals surface area contributed by atoms with Crippen LogP contribution < -0.4 is 4.74 Å². The Labute approximate surface area is 168 Å². The number of hydrogen-bond acceptors (Lipinski definition) is 4. The quantitative estimate of drug-likeness (QED) is 0.639. The van der Waals surface area contributed by atoms with E-state index in [0.717, 1.165) is 0 Å². The van der Waals surface area contributed by atoms with Crippen LogP contribution in [0.15, 0.2) is 42.5 Å². The Morgan fingerprint density at radius 1 is 1.11 bits per heavy atom. The minimum Gasteiger partial charge on any atom is -0.497 e. The lowest BCUT2D eigenvalue weighted by Gasteiger charge is -2.27. The maximum absolute atomic E-state index is 12.8. The summed E-state index contributed by atoms with van der Waals surface area (Å²) in [6.45, 7) is 1.94. The van der Waals surface area contributed by atoms with Crippen LogP contribution in [-0.2, 0) is 20.7 Å². The first-order valence-electron chi connectivity index (χ1n) is 8.37. The van der Waals surface area contributed by atoms with Gasteiger partial charge in [-0.15, -0.1) is 0 Å². The van der Waals surface area contributed by atoms with Crippen molar-refractivity contribution in [3.8, 4) is 5.75 Å². The monoisotopic (exact) mass is 409 g/mol. The predicted molar refractivity (Wildman–Crippen MR) is 105 cm³/mol. The van der Waals surface area contributed by atoms with E-state index in [1.54, 1.807) is 63.5 Å². The van der Waals surface area contributed by atoms with Crippen LogP contribution in [0.5, 0.6) is 5.75 Å². The summed E-state index contributed by atoms with van der Waals surface area (Å²) in [5.41, 5.74) is 1.27. The Hall–Kier alpha value is -2.24. The van der Waals surface area contributed by atoms with Gasteiger partial charge in [0.25, 0.3) is 0 Å². The summed E-state index contributed by atoms with van der Waals surface area (Å²) in [7, 11) is 3.13. The zero-order valence-corrected chi connectivity index (χ0v) is 16.9. The number of hydrogen-bond donors (Lipinski definition) is 0. The Kier molecular flexibility index (Phi) is 7.51. The molecule has 0 fully saturated rings. The van der Waals surface area contributed by atoms with Crippen LogP contribution in [-0.4, -0.2) is 37.5 Å². The van der Waals surface area contributed by atoms with E-state index >= 15 is 0 Å². The number of nitrogens with zero attached hydrogens (tertiary/aromatic N) is 1. The van der Waals surface area contributed by atoms with Gasteiger partial charge in [-0.05, 0) is 42.3 Å². The largest absolute Gasteiger partial charge is 0.497 e. The zero-order valence-electron chi connectivity index (χ0n) is 15.4. The van der Waals surface area contributed by atoms with E-state index in [2.05, 4.69) is 0 Å². The van der Waals surface area contributed by atoms with Crippen molar-refractivity contribution in [3.05, 3.63) is 63.6 Å². The molecule has 0 N–H and O–H groups in total. The molecule has 7 heteroatoms. The van der Waals surface area contributed by atoms with Crippen molar-refractivity contribution in [1.29, 1.82) is 0 Å². The van der Waals surface area contributed by atoms with Gasteiger partial charge < -0.3 is 14.4 Å². The second kappa shape index (κ2) is 9.62. The summed E-state index contributed by atoms with van der Waals surface area (Å²) in [5.74, 6) is -0.114. The van der Waals surface area contributed by atoms with Crippen molar-refractivity contribution in [1.82, 2.24) is 4.90 Å². The molecule has 1 unspecified atom stereocenters. The third kappa shape index (κ3) is 5.37. The molecule has 0 saturated heterocycles. The van der Waals surface area contributed by atoms with Gasteiger partial charge in [0.2, 0.25) is 5.91 Å². The Bertz CT molecular complexity index is 808. The van der Waals surface area contributed by atoms with Crippen molar-refractivity contribution in [2.45, 2.75) is 19.4 Å². The number of esters is 1. The average molecular weight is 410 g/mol. The van der Waals surface area contributed by atoms with Gasteiger partial charge in [0, 0.05) is 17.1 Å². The summed E-state index contributed by atoms with van der Waals surface area (Å²) >= 11 is 12.1. The van der Waals surface area contributed by atoms with Crippen LogP contribution >= 0.6 is 23.2 Å². The molecule has 2 aromatic carbocycles. The van der Waals surface area contributed by atoms with Crippen molar-refractivity contribution >= 4 is 35.1 Å². The lowest BCUT2D eigenvalue weighted by atomic mass is 10.0. The molecular formula is C20H21Cl2NO4. The molecule has 0 saturated carbocycles. The lowest BCUT2D eigenvalue weighted by Crippen LogP contribution is -2.37. The van der Waals surface area contributed by atoms with Crippen molar-refractivity contribution in [3.63, 3.8) is 0 Å². The van der Waals surface area contributed by atoms with E-state index in [0.29, 0.717) is 26.9 Å². The number of halogens is 2. The van der Waals surface area contributed by atoms with Crippen LogP contribution in [0.25, 0.3) is 0 Å². The number of amides is 1. The Morgan fingerprint density at radius 2 is 1.78 bits per heavy atom. The highest BCUT2D eigenvalue weighted by atomic mass is 35.5. The fraction of sp³-hybridized carbons (Fsp3) is 0.300. The van der Waals surface area contributed by atoms with Crippen LogP contribution in [0, 0.1) is 0 Å². The fourth-order valence-corrected chi connectivity index (χ4v) is 3.10. The van der Waals surface area contributed by atoms with Gasteiger partial charge in [-0.1, -0.05) is 41.4 Å². The van der Waals surface area contributed by atoms with Gasteiger partial charge >= 0.3 is 5.97 Å². The summed E-state index contributed by atoms with van der Waals surface area (Å²) in [6.07, 6.45) is 0.0402. The van der Waals surface area contributed by atoms with Gasteiger partial charge in [-0.3, -0.25) is 4.79 Å². The summed E-state index contributed by atoms with van der Waals surface area (Å²) in [6, 6.07) is 11.0. The normalized spacial score (nSPS) is 11.6. The average Bonchev–Trinajstić information content (AvgIpc) is 2.65. The summed E-state index contributed by atoms with van der Waals surface area (Å²) in [4.78, 5) is 26.7. The zero-order chi connectivity index (χ0) is 20.0. The molecule has 1 amide bonds. The first-order valence-corrected chi connectivity index (χ1v) is 9.13. The summed E-state index contributed by atoms with van der Waals surface area (Å²) in [5, 5.41) is 0.897. The highest BCUT2D eigenvalue weighted by molar-refractivity contribution is 6.35. The van der Waals surface area contributed by atoms with E-state index in [-0.39, 0.29) is 18.9 Å². The number of ether oxygens (including phenoxy) is 2. The molecule has 0 aliphatic carbocycles. The molecule has 0 aliphatic heterocycles. The van der Waals surface area contributed by atoms with Crippen LogP contribution in [0.2, 0.25) is 10.0 Å². The van der Waals surface area contributed by atoms with Gasteiger partial charge in [0.15, 0.2) is 6.04 Å². The molecular weight excluding hydrogens is 389 g/mol. The number of carbonyl (C=O) groups is 2. The van der Waals surface area contributed by atoms with E-state index in [1.165, 1.54) is 4.90 Å². The standard InChI is InChI=1S/C20H21Cl2NO4/c1-4-27-20(25)19(13-6-9-16(26-3)10-7-13)23(2)18(24)11-14-5-8-15(21)12-17(14)22/h5-10,12,19H,4,11H2,1-3H3. The highest BCUT2D eigenvalue weighted by Gasteiger charge is 2.30. The lowest BCUT2D eigenvalue weighted by molar-refractivity contribution is -0.154. The maximum Gasteiger partial charge on any atom is 0.333 e. The number of likely N-dealkylation sites (N-methyl/N-ethyl adjacent to an activating group) is 1. The molecule has 5 nitrogen and oxygen atoms in total. The molecule has 0 radical (unpaired) electrons. The molecule has 0 aliphatic rings. The summed E-state index contributed by atoms with van der Waals surface area (Å²) < 4.78 is 10.3. The van der Waals surface area contributed by atoms with E-state index < -0.39 is 12.0 Å². The maximum atomic E-state index is 12.8. The van der Waals surface area contributed by atoms with Crippen LogP contribution in [0.3, 0.4) is 0 Å². The highest BCUT2D eigenvalue weighted by Crippen LogP contribution is 2.26. The second-order valence-electron chi connectivity index (χ2n) is 5.84. The van der Waals surface area contributed by atoms with Gasteiger partial charge in [-0.2, -0.15) is 0 Å². The van der Waals surface area contributed by atoms with Crippen molar-refractivity contribution in [2.75, 3.05) is 20.8 Å². The van der Waals surface area contributed by atoms with Crippen molar-refractivity contribution < 1.29 is 19.1 Å². The number of methoxy groups -OCH3 is 1. The molecule has 2 rings (SSSR count). The number of carbonyl (C=O) groups excluding carboxylic acids is 2. The molecule has 0 aromatic heterocycles. The van der Waals surface area contributed by atoms with Gasteiger partial charge in [0.05, 0.1) is 20.1 Å². The van der Waals surface area contributed by atoms with Crippen LogP contribution in [0.4, 0.5) is 0 Å². The van der Waals surface area contributed by atoms with Gasteiger partial charge in [-0.25, -0.2) is 4.79 Å². The number of benzene rings is 2. The van der Waals surface area contributed by atoms with Gasteiger partial charge in [0.1, 0.15) is 5.75 Å². The first kappa shape index (κ1) is 21.1. The Balaban J connectivity index is 2.27. The van der Waals surface area contributed by atoms with E-state index in [4.69, 9.17) is 32.7 Å². The Morgan fingerprint density at radius 3 is 2.33 bits per heavy atom. The molecule has 0 spiro atoms. The molecule has 1 atom stereocenters. The molecule has 27 heavy (non-hydrogen) atoms. The smallest absolute Gasteiger partial charge is 0.333 e. The van der Waals surface area contributed by atoms with E-state index in [1.807, 2.05) is 0 Å². The predicted octanol–water partition coefficient (Wildman–Crippen LogP) is 4.31. The third-order valence-electron chi connectivity index (χ3n) is 4.08. The molecule has 0 bridgehead atoms. The van der Waals surface area contributed by atoms with Crippen LogP contribution in [0.1, 0.15) is 24.1 Å². The minimum atomic E-state index is -0.866. The number of rotatable bonds is 7. The molecule has 0 heterocycles. The third-order valence-corrected chi connectivity index (χ3v) is 4.67. The minimum absolute atomic E-state index is 0.0402. The second-order valence-corrected chi connectivity index (χ2v) is 6.69. The molecule has 144 valence electrons.